The summed E-state index contributed by atoms with van der Waals surface area (Å²) < 4.78 is 51.2. The first-order chi connectivity index (χ1) is 19.5. The number of halogens is 3. The Balaban J connectivity index is 1.50. The second-order valence-corrected chi connectivity index (χ2v) is 10.2. The van der Waals surface area contributed by atoms with Gasteiger partial charge in [-0.05, 0) is 67.3 Å². The molecule has 0 unspecified atom stereocenters. The van der Waals surface area contributed by atoms with Crippen LogP contribution in [0.15, 0.2) is 54.6 Å². The predicted octanol–water partition coefficient (Wildman–Crippen LogP) is 6.09. The maximum Gasteiger partial charge on any atom is 0.416 e. The number of hydrogen-bond acceptors (Lipinski definition) is 6. The molecule has 2 aliphatic heterocycles. The molecule has 1 aromatic heterocycles. The quantitative estimate of drug-likeness (QED) is 0.334. The molecule has 5 rings (SSSR count). The Bertz CT molecular complexity index is 1460. The number of aliphatic carboxylic acids is 1. The Kier molecular flexibility index (Phi) is 7.79. The number of anilines is 1. The number of carboxylic acids is 1. The first-order valence-electron chi connectivity index (χ1n) is 13.3. The highest BCUT2D eigenvalue weighted by atomic mass is 19.4. The van der Waals surface area contributed by atoms with Crippen molar-refractivity contribution in [3.63, 3.8) is 0 Å². The summed E-state index contributed by atoms with van der Waals surface area (Å²) in [4.78, 5) is 32.7. The SMILES string of the molecule is COc1ccc(CCC(=O)O)cc1-c1ccc(N2CCC2)nc1CN1C(=O)O[C@H](c2cccc(C(F)(F)F)c2)[C@@H]1C. The van der Waals surface area contributed by atoms with E-state index in [1.807, 2.05) is 24.3 Å². The van der Waals surface area contributed by atoms with Crippen molar-refractivity contribution >= 4 is 17.9 Å². The summed E-state index contributed by atoms with van der Waals surface area (Å²) in [6.45, 7) is 3.51. The van der Waals surface area contributed by atoms with E-state index in [9.17, 15) is 22.8 Å². The van der Waals surface area contributed by atoms with Gasteiger partial charge in [-0.15, -0.1) is 0 Å². The largest absolute Gasteiger partial charge is 0.496 e. The van der Waals surface area contributed by atoms with Crippen molar-refractivity contribution in [2.45, 2.75) is 51.1 Å². The Morgan fingerprint density at radius 1 is 1.12 bits per heavy atom. The molecule has 8 nitrogen and oxygen atoms in total. The van der Waals surface area contributed by atoms with Gasteiger partial charge in [-0.1, -0.05) is 18.2 Å². The van der Waals surface area contributed by atoms with Crippen LogP contribution in [-0.2, 0) is 28.7 Å². The molecule has 2 aromatic carbocycles. The van der Waals surface area contributed by atoms with Gasteiger partial charge in [-0.25, -0.2) is 9.78 Å². The van der Waals surface area contributed by atoms with Crippen molar-refractivity contribution in [3.8, 4) is 16.9 Å². The molecular formula is C30H30F3N3O5. The third-order valence-electron chi connectivity index (χ3n) is 7.58. The number of aromatic nitrogens is 1. The lowest BCUT2D eigenvalue weighted by molar-refractivity contribution is -0.138. The van der Waals surface area contributed by atoms with Crippen LogP contribution in [0.3, 0.4) is 0 Å². The van der Waals surface area contributed by atoms with Gasteiger partial charge in [-0.3, -0.25) is 9.69 Å². The molecule has 2 saturated heterocycles. The molecule has 41 heavy (non-hydrogen) atoms. The van der Waals surface area contributed by atoms with Crippen LogP contribution < -0.4 is 9.64 Å². The average Bonchev–Trinajstić information content (AvgIpc) is 3.19. The number of benzene rings is 2. The minimum absolute atomic E-state index is 0.0289. The Labute approximate surface area is 235 Å². The highest BCUT2D eigenvalue weighted by molar-refractivity contribution is 5.76. The summed E-state index contributed by atoms with van der Waals surface area (Å²) in [5.41, 5.74) is 2.22. The second kappa shape index (κ2) is 11.3. The molecule has 0 spiro atoms. The summed E-state index contributed by atoms with van der Waals surface area (Å²) in [6.07, 6.45) is -4.71. The van der Waals surface area contributed by atoms with E-state index in [4.69, 9.17) is 19.6 Å². The summed E-state index contributed by atoms with van der Waals surface area (Å²) in [6, 6.07) is 13.5. The maximum absolute atomic E-state index is 13.3. The zero-order valence-electron chi connectivity index (χ0n) is 22.6. The van der Waals surface area contributed by atoms with Crippen LogP contribution in [0, 0.1) is 0 Å². The van der Waals surface area contributed by atoms with Crippen molar-refractivity contribution in [3.05, 3.63) is 77.0 Å². The van der Waals surface area contributed by atoms with Gasteiger partial charge in [0.25, 0.3) is 0 Å². The van der Waals surface area contributed by atoms with Crippen LogP contribution in [-0.4, -0.2) is 53.3 Å². The van der Waals surface area contributed by atoms with Crippen LogP contribution in [0.5, 0.6) is 5.75 Å². The lowest BCUT2D eigenvalue weighted by Crippen LogP contribution is -2.38. The van der Waals surface area contributed by atoms with Gasteiger partial charge in [0.05, 0.1) is 31.0 Å². The van der Waals surface area contributed by atoms with Gasteiger partial charge < -0.3 is 19.5 Å². The van der Waals surface area contributed by atoms with Crippen molar-refractivity contribution < 1.29 is 37.3 Å². The molecule has 0 radical (unpaired) electrons. The van der Waals surface area contributed by atoms with E-state index in [0.29, 0.717) is 29.0 Å². The third kappa shape index (κ3) is 5.94. The molecule has 2 fully saturated rings. The van der Waals surface area contributed by atoms with Gasteiger partial charge in [0.2, 0.25) is 0 Å². The Hall–Kier alpha value is -4.28. The van der Waals surface area contributed by atoms with Crippen LogP contribution in [0.4, 0.5) is 23.8 Å². The fraction of sp³-hybridized carbons (Fsp3) is 0.367. The van der Waals surface area contributed by atoms with E-state index >= 15 is 0 Å². The summed E-state index contributed by atoms with van der Waals surface area (Å²) in [7, 11) is 1.54. The lowest BCUT2D eigenvalue weighted by Gasteiger charge is -2.33. The summed E-state index contributed by atoms with van der Waals surface area (Å²) >= 11 is 0. The number of hydrogen-bond donors (Lipinski definition) is 1. The fourth-order valence-corrected chi connectivity index (χ4v) is 5.16. The molecule has 3 aromatic rings. The van der Waals surface area contributed by atoms with E-state index in [2.05, 4.69) is 4.90 Å². The van der Waals surface area contributed by atoms with E-state index in [1.165, 1.54) is 24.1 Å². The molecule has 0 saturated carbocycles. The summed E-state index contributed by atoms with van der Waals surface area (Å²) in [5, 5.41) is 9.14. The summed E-state index contributed by atoms with van der Waals surface area (Å²) in [5.74, 6) is 0.411. The number of carboxylic acid groups (broad SMARTS) is 1. The van der Waals surface area contributed by atoms with Gasteiger partial charge in [0.1, 0.15) is 17.7 Å². The number of carbonyl (C=O) groups excluding carboxylic acids is 1. The van der Waals surface area contributed by atoms with Gasteiger partial charge >= 0.3 is 18.2 Å². The Morgan fingerprint density at radius 2 is 1.90 bits per heavy atom. The van der Waals surface area contributed by atoms with Crippen molar-refractivity contribution in [2.24, 2.45) is 0 Å². The Morgan fingerprint density at radius 3 is 2.56 bits per heavy atom. The first kappa shape index (κ1) is 28.3. The molecule has 11 heteroatoms. The number of pyridine rings is 1. The van der Waals surface area contributed by atoms with E-state index in [1.54, 1.807) is 13.0 Å². The number of alkyl halides is 3. The number of carbonyl (C=O) groups is 2. The number of aryl methyl sites for hydroxylation is 1. The minimum Gasteiger partial charge on any atom is -0.496 e. The van der Waals surface area contributed by atoms with Gasteiger partial charge in [-0.2, -0.15) is 13.2 Å². The molecule has 3 heterocycles. The molecule has 0 aliphatic carbocycles. The first-order valence-corrected chi connectivity index (χ1v) is 13.3. The second-order valence-electron chi connectivity index (χ2n) is 10.2. The maximum atomic E-state index is 13.3. The zero-order valence-corrected chi connectivity index (χ0v) is 22.6. The normalized spacial score (nSPS) is 18.7. The number of ether oxygens (including phenoxy) is 2. The van der Waals surface area contributed by atoms with E-state index in [0.717, 1.165) is 43.0 Å². The lowest BCUT2D eigenvalue weighted by atomic mass is 9.97. The van der Waals surface area contributed by atoms with Crippen LogP contribution in [0.2, 0.25) is 0 Å². The van der Waals surface area contributed by atoms with Crippen LogP contribution >= 0.6 is 0 Å². The van der Waals surface area contributed by atoms with Crippen LogP contribution in [0.25, 0.3) is 11.1 Å². The van der Waals surface area contributed by atoms with Crippen molar-refractivity contribution in [2.75, 3.05) is 25.1 Å². The standard InChI is InChI=1S/C30H30F3N3O5/c1-18-28(20-5-3-6-21(16-20)30(31,32)33)41-29(39)36(18)17-24-22(9-11-26(34-24)35-13-4-14-35)23-15-19(8-12-27(37)38)7-10-25(23)40-2/h3,5-7,9-11,15-16,18,28H,4,8,12-14,17H2,1-2H3,(H,37,38)/t18-,28-/m0/s1. The number of cyclic esters (lactones) is 1. The monoisotopic (exact) mass is 569 g/mol. The molecular weight excluding hydrogens is 539 g/mol. The molecule has 2 atom stereocenters. The smallest absolute Gasteiger partial charge is 0.416 e. The number of methoxy groups -OCH3 is 1. The van der Waals surface area contributed by atoms with Crippen molar-refractivity contribution in [1.82, 2.24) is 9.88 Å². The highest BCUT2D eigenvalue weighted by Crippen LogP contribution is 2.39. The van der Waals surface area contributed by atoms with Crippen molar-refractivity contribution in [1.29, 1.82) is 0 Å². The number of nitrogens with zero attached hydrogens (tertiary/aromatic N) is 3. The molecule has 0 bridgehead atoms. The van der Waals surface area contributed by atoms with E-state index < -0.39 is 35.9 Å². The molecule has 2 aliphatic rings. The molecule has 1 N–H and O–H groups in total. The number of rotatable bonds is 9. The predicted molar refractivity (Wildman–Crippen MR) is 145 cm³/mol. The topological polar surface area (TPSA) is 92.2 Å². The zero-order chi connectivity index (χ0) is 29.3. The highest BCUT2D eigenvalue weighted by Gasteiger charge is 2.41. The molecule has 216 valence electrons. The molecule has 1 amide bonds. The van der Waals surface area contributed by atoms with Gasteiger partial charge in [0, 0.05) is 30.6 Å². The average molecular weight is 570 g/mol. The fourth-order valence-electron chi connectivity index (χ4n) is 5.16. The third-order valence-corrected chi connectivity index (χ3v) is 7.58. The number of amides is 1. The van der Waals surface area contributed by atoms with E-state index in [-0.39, 0.29) is 18.5 Å². The van der Waals surface area contributed by atoms with Gasteiger partial charge in [0.15, 0.2) is 0 Å². The minimum atomic E-state index is -4.52. The van der Waals surface area contributed by atoms with Crippen LogP contribution in [0.1, 0.15) is 48.3 Å².